The molecule has 2 heterocycles. The number of rotatable bonds is 7. The van der Waals surface area contributed by atoms with E-state index in [0.717, 1.165) is 28.2 Å². The standard InChI is InChI=1S/C29H26N2O4S/c1-3-34-29(33)22-11-9-21(10-12-22)17-31-25-16-23(13-14-26(25)35-19(2)28(31)32)24-18-36-27(30-24)15-20-7-5-4-6-8-20/h4-14,16,18-19H,3,15,17H2,1-2H3. The van der Waals surface area contributed by atoms with E-state index >= 15 is 0 Å². The Morgan fingerprint density at radius 3 is 2.58 bits per heavy atom. The van der Waals surface area contributed by atoms with Crippen LogP contribution in [0.3, 0.4) is 0 Å². The van der Waals surface area contributed by atoms with E-state index in [9.17, 15) is 9.59 Å². The lowest BCUT2D eigenvalue weighted by molar-refractivity contribution is -0.125. The Morgan fingerprint density at radius 2 is 1.83 bits per heavy atom. The molecule has 0 bridgehead atoms. The Labute approximate surface area is 214 Å². The number of fused-ring (bicyclic) bond motifs is 1. The maximum Gasteiger partial charge on any atom is 0.338 e. The van der Waals surface area contributed by atoms with E-state index < -0.39 is 6.10 Å². The first-order valence-electron chi connectivity index (χ1n) is 11.9. The summed E-state index contributed by atoms with van der Waals surface area (Å²) < 4.78 is 11.0. The summed E-state index contributed by atoms with van der Waals surface area (Å²) in [6, 6.07) is 23.3. The maximum absolute atomic E-state index is 13.1. The van der Waals surface area contributed by atoms with Gasteiger partial charge in [-0.25, -0.2) is 9.78 Å². The highest BCUT2D eigenvalue weighted by Gasteiger charge is 2.32. The van der Waals surface area contributed by atoms with Crippen molar-refractivity contribution in [2.24, 2.45) is 0 Å². The summed E-state index contributed by atoms with van der Waals surface area (Å²) in [5.74, 6) is 0.191. The van der Waals surface area contributed by atoms with Crippen molar-refractivity contribution in [3.63, 3.8) is 0 Å². The van der Waals surface area contributed by atoms with Gasteiger partial charge in [-0.2, -0.15) is 0 Å². The second-order valence-electron chi connectivity index (χ2n) is 8.57. The summed E-state index contributed by atoms with van der Waals surface area (Å²) in [4.78, 5) is 31.7. The molecule has 4 aromatic rings. The molecule has 0 radical (unpaired) electrons. The van der Waals surface area contributed by atoms with Crippen LogP contribution in [0.2, 0.25) is 0 Å². The third-order valence-electron chi connectivity index (χ3n) is 6.02. The van der Waals surface area contributed by atoms with Gasteiger partial charge in [0, 0.05) is 17.4 Å². The molecule has 36 heavy (non-hydrogen) atoms. The third-order valence-corrected chi connectivity index (χ3v) is 6.87. The molecule has 0 N–H and O–H groups in total. The molecule has 0 saturated heterocycles. The molecule has 0 aliphatic carbocycles. The van der Waals surface area contributed by atoms with Crippen molar-refractivity contribution in [2.75, 3.05) is 11.5 Å². The van der Waals surface area contributed by atoms with Crippen LogP contribution in [0.4, 0.5) is 5.69 Å². The van der Waals surface area contributed by atoms with Crippen molar-refractivity contribution >= 4 is 28.9 Å². The highest BCUT2D eigenvalue weighted by atomic mass is 32.1. The molecule has 182 valence electrons. The topological polar surface area (TPSA) is 68.7 Å². The average molecular weight is 499 g/mol. The van der Waals surface area contributed by atoms with Gasteiger partial charge in [-0.3, -0.25) is 4.79 Å². The lowest BCUT2D eigenvalue weighted by atomic mass is 10.1. The van der Waals surface area contributed by atoms with Gasteiger partial charge in [0.2, 0.25) is 0 Å². The van der Waals surface area contributed by atoms with Crippen molar-refractivity contribution in [1.29, 1.82) is 0 Å². The van der Waals surface area contributed by atoms with E-state index in [-0.39, 0.29) is 11.9 Å². The van der Waals surface area contributed by atoms with Crippen molar-refractivity contribution in [1.82, 2.24) is 4.98 Å². The normalized spacial score (nSPS) is 14.8. The number of amides is 1. The number of nitrogens with zero attached hydrogens (tertiary/aromatic N) is 2. The van der Waals surface area contributed by atoms with E-state index in [1.807, 2.05) is 53.9 Å². The summed E-state index contributed by atoms with van der Waals surface area (Å²) >= 11 is 1.63. The Hall–Kier alpha value is -3.97. The number of hydrogen-bond donors (Lipinski definition) is 0. The number of carbonyl (C=O) groups excluding carboxylic acids is 2. The Balaban J connectivity index is 1.40. The molecule has 1 unspecified atom stereocenters. The molecule has 1 aliphatic heterocycles. The zero-order valence-corrected chi connectivity index (χ0v) is 21.0. The monoisotopic (exact) mass is 498 g/mol. The van der Waals surface area contributed by atoms with E-state index in [1.54, 1.807) is 42.2 Å². The number of ether oxygens (including phenoxy) is 2. The van der Waals surface area contributed by atoms with Crippen LogP contribution in [0.5, 0.6) is 5.75 Å². The van der Waals surface area contributed by atoms with Gasteiger partial charge in [0.25, 0.3) is 5.91 Å². The first-order valence-corrected chi connectivity index (χ1v) is 12.8. The van der Waals surface area contributed by atoms with Gasteiger partial charge in [-0.15, -0.1) is 11.3 Å². The smallest absolute Gasteiger partial charge is 0.338 e. The second kappa shape index (κ2) is 10.3. The zero-order valence-electron chi connectivity index (χ0n) is 20.1. The summed E-state index contributed by atoms with van der Waals surface area (Å²) in [6.07, 6.45) is 0.197. The van der Waals surface area contributed by atoms with Crippen LogP contribution >= 0.6 is 11.3 Å². The number of carbonyl (C=O) groups is 2. The van der Waals surface area contributed by atoms with Crippen molar-refractivity contribution in [3.05, 3.63) is 99.9 Å². The van der Waals surface area contributed by atoms with E-state index in [1.165, 1.54) is 5.56 Å². The summed E-state index contributed by atoms with van der Waals surface area (Å²) in [5, 5.41) is 3.08. The van der Waals surface area contributed by atoms with Gasteiger partial charge in [0.1, 0.15) is 5.75 Å². The predicted octanol–water partition coefficient (Wildman–Crippen LogP) is 5.89. The maximum atomic E-state index is 13.1. The fourth-order valence-electron chi connectivity index (χ4n) is 4.17. The molecule has 1 atom stereocenters. The number of anilines is 1. The largest absolute Gasteiger partial charge is 0.479 e. The molecule has 7 heteroatoms. The van der Waals surface area contributed by atoms with Crippen LogP contribution < -0.4 is 9.64 Å². The van der Waals surface area contributed by atoms with E-state index in [0.29, 0.717) is 30.2 Å². The molecule has 0 spiro atoms. The van der Waals surface area contributed by atoms with Gasteiger partial charge < -0.3 is 14.4 Å². The first-order chi connectivity index (χ1) is 17.5. The zero-order chi connectivity index (χ0) is 25.1. The number of thiazole rings is 1. The predicted molar refractivity (Wildman–Crippen MR) is 140 cm³/mol. The summed E-state index contributed by atoms with van der Waals surface area (Å²) in [5.41, 5.74) is 5.12. The number of esters is 1. The Bertz CT molecular complexity index is 1380. The Morgan fingerprint density at radius 1 is 1.06 bits per heavy atom. The lowest BCUT2D eigenvalue weighted by Gasteiger charge is -2.33. The molecular formula is C29H26N2O4S. The molecule has 3 aromatic carbocycles. The molecule has 1 amide bonds. The van der Waals surface area contributed by atoms with E-state index in [2.05, 4.69) is 12.1 Å². The van der Waals surface area contributed by atoms with Gasteiger partial charge in [-0.1, -0.05) is 42.5 Å². The summed E-state index contributed by atoms with van der Waals surface area (Å²) in [6.45, 7) is 4.22. The van der Waals surface area contributed by atoms with Gasteiger partial charge in [-0.05, 0) is 55.3 Å². The van der Waals surface area contributed by atoms with Crippen LogP contribution in [0.15, 0.2) is 78.2 Å². The summed E-state index contributed by atoms with van der Waals surface area (Å²) in [7, 11) is 0. The second-order valence-corrected chi connectivity index (χ2v) is 9.52. The quantitative estimate of drug-likeness (QED) is 0.297. The van der Waals surface area contributed by atoms with Crippen molar-refractivity contribution < 1.29 is 19.1 Å². The Kier molecular flexibility index (Phi) is 6.82. The molecule has 6 nitrogen and oxygen atoms in total. The molecule has 0 fully saturated rings. The minimum atomic E-state index is -0.584. The van der Waals surface area contributed by atoms with Crippen molar-refractivity contribution in [3.8, 4) is 17.0 Å². The van der Waals surface area contributed by atoms with Crippen molar-refractivity contribution in [2.45, 2.75) is 32.9 Å². The number of benzene rings is 3. The van der Waals surface area contributed by atoms with Crippen LogP contribution in [-0.4, -0.2) is 29.6 Å². The number of hydrogen-bond acceptors (Lipinski definition) is 6. The third kappa shape index (κ3) is 5.02. The highest BCUT2D eigenvalue weighted by Crippen LogP contribution is 2.38. The molecular weight excluding hydrogens is 472 g/mol. The van der Waals surface area contributed by atoms with E-state index in [4.69, 9.17) is 14.5 Å². The minimum absolute atomic E-state index is 0.114. The lowest BCUT2D eigenvalue weighted by Crippen LogP contribution is -2.44. The van der Waals surface area contributed by atoms with Gasteiger partial charge >= 0.3 is 5.97 Å². The first kappa shape index (κ1) is 23.8. The van der Waals surface area contributed by atoms with Crippen LogP contribution in [0.25, 0.3) is 11.3 Å². The van der Waals surface area contributed by atoms with Gasteiger partial charge in [0.05, 0.1) is 35.1 Å². The molecule has 1 aliphatic rings. The number of aromatic nitrogens is 1. The van der Waals surface area contributed by atoms with Crippen LogP contribution in [0, 0.1) is 0 Å². The molecule has 1 aromatic heterocycles. The fourth-order valence-corrected chi connectivity index (χ4v) is 5.01. The minimum Gasteiger partial charge on any atom is -0.479 e. The van der Waals surface area contributed by atoms with Crippen LogP contribution in [-0.2, 0) is 22.5 Å². The highest BCUT2D eigenvalue weighted by molar-refractivity contribution is 7.10. The van der Waals surface area contributed by atoms with Gasteiger partial charge in [0.15, 0.2) is 6.10 Å². The van der Waals surface area contributed by atoms with Crippen LogP contribution in [0.1, 0.15) is 40.3 Å². The SMILES string of the molecule is CCOC(=O)c1ccc(CN2C(=O)C(C)Oc3ccc(-c4csc(Cc5ccccc5)n4)cc32)cc1. The average Bonchev–Trinajstić information content (AvgIpc) is 3.36. The molecule has 5 rings (SSSR count). The fraction of sp³-hybridized carbons (Fsp3) is 0.207. The molecule has 0 saturated carbocycles.